The lowest BCUT2D eigenvalue weighted by Gasteiger charge is -2.66. The number of hydrogen-bond acceptors (Lipinski definition) is 0. The molecule has 0 spiro atoms. The topological polar surface area (TPSA) is 0 Å². The fourth-order valence-corrected chi connectivity index (χ4v) is 5.66. The molecule has 0 aliphatic carbocycles. The molecule has 0 bridgehead atoms. The SMILES string of the molecule is CCC(C)(C(C)(C)C(C)C)C(C)(CC)C(C)(C)C(C)C(C)(C)C(C)C. The molecule has 0 saturated carbocycles. The van der Waals surface area contributed by atoms with Crippen LogP contribution in [0.15, 0.2) is 0 Å². The molecule has 0 aromatic heterocycles. The van der Waals surface area contributed by atoms with E-state index in [9.17, 15) is 0 Å². The Hall–Kier alpha value is 0. The molecule has 0 rings (SSSR count). The lowest BCUT2D eigenvalue weighted by molar-refractivity contribution is -0.173. The van der Waals surface area contributed by atoms with E-state index >= 15 is 0 Å². The molecule has 3 unspecified atom stereocenters. The normalized spacial score (nSPS) is 20.5. The van der Waals surface area contributed by atoms with Gasteiger partial charge in [0.05, 0.1) is 0 Å². The molecule has 0 amide bonds. The van der Waals surface area contributed by atoms with Crippen molar-refractivity contribution < 1.29 is 0 Å². The second kappa shape index (κ2) is 7.55. The molecule has 25 heavy (non-hydrogen) atoms. The Labute approximate surface area is 161 Å². The highest BCUT2D eigenvalue weighted by Gasteiger charge is 2.60. The van der Waals surface area contributed by atoms with Gasteiger partial charge in [0.1, 0.15) is 0 Å². The van der Waals surface area contributed by atoms with Gasteiger partial charge in [0.2, 0.25) is 0 Å². The highest BCUT2D eigenvalue weighted by molar-refractivity contribution is 5.09. The third-order valence-corrected chi connectivity index (χ3v) is 10.6. The van der Waals surface area contributed by atoms with Gasteiger partial charge >= 0.3 is 0 Å². The fourth-order valence-electron chi connectivity index (χ4n) is 5.66. The summed E-state index contributed by atoms with van der Waals surface area (Å²) < 4.78 is 0. The predicted octanol–water partition coefficient (Wildman–Crippen LogP) is 8.85. The van der Waals surface area contributed by atoms with Crippen molar-refractivity contribution in [1.82, 2.24) is 0 Å². The van der Waals surface area contributed by atoms with Crippen LogP contribution in [0.4, 0.5) is 0 Å². The summed E-state index contributed by atoms with van der Waals surface area (Å²) in [4.78, 5) is 0. The van der Waals surface area contributed by atoms with Gasteiger partial charge in [0.25, 0.3) is 0 Å². The summed E-state index contributed by atoms with van der Waals surface area (Å²) in [5.41, 5.74) is 1.44. The maximum atomic E-state index is 2.60. The summed E-state index contributed by atoms with van der Waals surface area (Å²) in [5.74, 6) is 2.01. The van der Waals surface area contributed by atoms with E-state index < -0.39 is 0 Å². The van der Waals surface area contributed by atoms with Gasteiger partial charge in [0, 0.05) is 0 Å². The van der Waals surface area contributed by atoms with Gasteiger partial charge in [-0.1, -0.05) is 104 Å². The molecule has 0 radical (unpaired) electrons. The summed E-state index contributed by atoms with van der Waals surface area (Å²) >= 11 is 0. The van der Waals surface area contributed by atoms with E-state index in [0.29, 0.717) is 28.6 Å². The lowest BCUT2D eigenvalue weighted by atomic mass is 9.39. The highest BCUT2D eigenvalue weighted by atomic mass is 14.6. The van der Waals surface area contributed by atoms with E-state index in [1.165, 1.54) is 12.8 Å². The first-order valence-electron chi connectivity index (χ1n) is 10.9. The molecular formula is C25H52. The molecule has 0 aromatic rings. The molecule has 0 nitrogen and oxygen atoms in total. The van der Waals surface area contributed by atoms with Gasteiger partial charge < -0.3 is 0 Å². The molecule has 0 aliphatic heterocycles. The average molecular weight is 353 g/mol. The largest absolute Gasteiger partial charge is 0.0648 e. The first-order valence-corrected chi connectivity index (χ1v) is 10.9. The van der Waals surface area contributed by atoms with E-state index in [1.807, 2.05) is 0 Å². The standard InChI is InChI=1S/C25H52/c1-16-24(14,22(10,11)19(5)6)25(15,17-2)23(12,13)20(7)21(8,9)18(3)4/h18-20H,16-17H2,1-15H3. The minimum atomic E-state index is 0.256. The minimum Gasteiger partial charge on any atom is -0.0648 e. The minimum absolute atomic E-state index is 0.256. The van der Waals surface area contributed by atoms with Crippen molar-refractivity contribution in [2.24, 2.45) is 44.8 Å². The van der Waals surface area contributed by atoms with Crippen molar-refractivity contribution in [2.45, 2.75) is 117 Å². The third kappa shape index (κ3) is 3.58. The molecule has 152 valence electrons. The summed E-state index contributed by atoms with van der Waals surface area (Å²) in [5, 5.41) is 0. The van der Waals surface area contributed by atoms with Gasteiger partial charge in [-0.2, -0.15) is 0 Å². The quantitative estimate of drug-likeness (QED) is 0.388. The molecule has 0 aliphatic rings. The monoisotopic (exact) mass is 352 g/mol. The van der Waals surface area contributed by atoms with E-state index in [-0.39, 0.29) is 16.2 Å². The summed E-state index contributed by atoms with van der Waals surface area (Å²) in [7, 11) is 0. The number of hydrogen-bond donors (Lipinski definition) is 0. The molecule has 0 N–H and O–H groups in total. The summed E-state index contributed by atoms with van der Waals surface area (Å²) in [6.45, 7) is 37.3. The van der Waals surface area contributed by atoms with Crippen LogP contribution in [0.5, 0.6) is 0 Å². The fraction of sp³-hybridized carbons (Fsp3) is 1.00. The maximum absolute atomic E-state index is 2.60. The predicted molar refractivity (Wildman–Crippen MR) is 117 cm³/mol. The Balaban J connectivity index is 6.49. The molecular weight excluding hydrogens is 300 g/mol. The Morgan fingerprint density at radius 2 is 0.840 bits per heavy atom. The molecule has 0 fully saturated rings. The first-order chi connectivity index (χ1) is 10.9. The van der Waals surface area contributed by atoms with Gasteiger partial charge in [-0.3, -0.25) is 0 Å². The van der Waals surface area contributed by atoms with E-state index in [4.69, 9.17) is 0 Å². The van der Waals surface area contributed by atoms with Crippen LogP contribution in [-0.4, -0.2) is 0 Å². The second-order valence-electron chi connectivity index (χ2n) is 11.7. The Morgan fingerprint density at radius 3 is 1.08 bits per heavy atom. The zero-order chi connectivity index (χ0) is 20.6. The van der Waals surface area contributed by atoms with Gasteiger partial charge in [0.15, 0.2) is 0 Å². The van der Waals surface area contributed by atoms with Crippen molar-refractivity contribution in [2.75, 3.05) is 0 Å². The van der Waals surface area contributed by atoms with Crippen LogP contribution in [0.3, 0.4) is 0 Å². The summed E-state index contributed by atoms with van der Waals surface area (Å²) in [6.07, 6.45) is 2.47. The molecule has 0 aromatic carbocycles. The van der Waals surface area contributed by atoms with E-state index in [2.05, 4.69) is 104 Å². The highest BCUT2D eigenvalue weighted by Crippen LogP contribution is 2.67. The molecule has 3 atom stereocenters. The maximum Gasteiger partial charge on any atom is -0.0215 e. The number of rotatable bonds is 9. The van der Waals surface area contributed by atoms with Crippen LogP contribution in [0.2, 0.25) is 0 Å². The Bertz CT molecular complexity index is 423. The van der Waals surface area contributed by atoms with Gasteiger partial charge in [-0.05, 0) is 57.7 Å². The smallest absolute Gasteiger partial charge is 0.0215 e. The van der Waals surface area contributed by atoms with Crippen molar-refractivity contribution in [1.29, 1.82) is 0 Å². The van der Waals surface area contributed by atoms with E-state index in [0.717, 1.165) is 0 Å². The molecule has 0 heterocycles. The zero-order valence-electron chi connectivity index (χ0n) is 20.6. The van der Waals surface area contributed by atoms with Crippen LogP contribution in [0, 0.1) is 44.8 Å². The van der Waals surface area contributed by atoms with Gasteiger partial charge in [-0.25, -0.2) is 0 Å². The third-order valence-electron chi connectivity index (χ3n) is 10.6. The van der Waals surface area contributed by atoms with Crippen LogP contribution >= 0.6 is 0 Å². The van der Waals surface area contributed by atoms with Crippen molar-refractivity contribution >= 4 is 0 Å². The second-order valence-corrected chi connectivity index (χ2v) is 11.7. The van der Waals surface area contributed by atoms with Crippen LogP contribution in [0.1, 0.15) is 117 Å². The van der Waals surface area contributed by atoms with Crippen molar-refractivity contribution in [3.63, 3.8) is 0 Å². The van der Waals surface area contributed by atoms with Crippen molar-refractivity contribution in [3.05, 3.63) is 0 Å². The van der Waals surface area contributed by atoms with Crippen LogP contribution < -0.4 is 0 Å². The first kappa shape index (κ1) is 25.0. The Kier molecular flexibility index (Phi) is 7.55. The lowest BCUT2D eigenvalue weighted by Crippen LogP contribution is -2.59. The van der Waals surface area contributed by atoms with E-state index in [1.54, 1.807) is 0 Å². The van der Waals surface area contributed by atoms with Gasteiger partial charge in [-0.15, -0.1) is 0 Å². The van der Waals surface area contributed by atoms with Crippen molar-refractivity contribution in [3.8, 4) is 0 Å². The molecule has 0 heteroatoms. The van der Waals surface area contributed by atoms with Crippen LogP contribution in [0.25, 0.3) is 0 Å². The Morgan fingerprint density at radius 1 is 0.520 bits per heavy atom. The summed E-state index contributed by atoms with van der Waals surface area (Å²) in [6, 6.07) is 0. The zero-order valence-corrected chi connectivity index (χ0v) is 20.6. The van der Waals surface area contributed by atoms with Crippen LogP contribution in [-0.2, 0) is 0 Å². The molecule has 0 saturated heterocycles. The average Bonchev–Trinajstić information content (AvgIpc) is 2.51.